The highest BCUT2D eigenvalue weighted by Crippen LogP contribution is 2.20. The number of nitrogens with one attached hydrogen (secondary N) is 1. The summed E-state index contributed by atoms with van der Waals surface area (Å²) in [7, 11) is 1.47. The average Bonchev–Trinajstić information content (AvgIpc) is 2.92. The van der Waals surface area contributed by atoms with Crippen molar-refractivity contribution in [1.82, 2.24) is 15.1 Å². The third-order valence-electron chi connectivity index (χ3n) is 3.06. The molecule has 1 aromatic carbocycles. The standard InChI is InChI=1S/C14H15N3O3/c1-9(10-6-4-3-5-7-10)17-12(14(19)20)8-11(16-17)13(18)15-2/h3-9H,1-2H3,(H,15,18)(H,19,20). The summed E-state index contributed by atoms with van der Waals surface area (Å²) in [5.74, 6) is -1.53. The van der Waals surface area contributed by atoms with Crippen LogP contribution in [0.2, 0.25) is 0 Å². The lowest BCUT2D eigenvalue weighted by molar-refractivity contribution is 0.0681. The quantitative estimate of drug-likeness (QED) is 0.885. The van der Waals surface area contributed by atoms with E-state index in [1.807, 2.05) is 37.3 Å². The first-order valence-electron chi connectivity index (χ1n) is 6.14. The Kier molecular flexibility index (Phi) is 3.84. The molecule has 1 amide bonds. The van der Waals surface area contributed by atoms with Gasteiger partial charge in [0.1, 0.15) is 5.69 Å². The smallest absolute Gasteiger partial charge is 0.354 e. The second-order valence-electron chi connectivity index (χ2n) is 4.33. The van der Waals surface area contributed by atoms with Gasteiger partial charge >= 0.3 is 5.97 Å². The van der Waals surface area contributed by atoms with E-state index in [-0.39, 0.29) is 17.4 Å². The lowest BCUT2D eigenvalue weighted by Gasteiger charge is -2.14. The minimum Gasteiger partial charge on any atom is -0.477 e. The molecule has 2 N–H and O–H groups in total. The van der Waals surface area contributed by atoms with Gasteiger partial charge in [0.05, 0.1) is 6.04 Å². The number of carboxylic acid groups (broad SMARTS) is 1. The highest BCUT2D eigenvalue weighted by atomic mass is 16.4. The van der Waals surface area contributed by atoms with E-state index in [0.717, 1.165) is 5.56 Å². The van der Waals surface area contributed by atoms with Crippen molar-refractivity contribution in [3.8, 4) is 0 Å². The third kappa shape index (κ3) is 2.54. The van der Waals surface area contributed by atoms with E-state index >= 15 is 0 Å². The van der Waals surface area contributed by atoms with E-state index in [4.69, 9.17) is 0 Å². The van der Waals surface area contributed by atoms with E-state index in [2.05, 4.69) is 10.4 Å². The molecule has 0 aliphatic carbocycles. The zero-order valence-corrected chi connectivity index (χ0v) is 11.2. The second-order valence-corrected chi connectivity index (χ2v) is 4.33. The number of benzene rings is 1. The summed E-state index contributed by atoms with van der Waals surface area (Å²) in [5.41, 5.74) is 0.995. The molecule has 0 saturated carbocycles. The van der Waals surface area contributed by atoms with Gasteiger partial charge in [-0.3, -0.25) is 9.48 Å². The van der Waals surface area contributed by atoms with Crippen LogP contribution in [0.15, 0.2) is 36.4 Å². The molecule has 1 unspecified atom stereocenters. The summed E-state index contributed by atoms with van der Waals surface area (Å²) >= 11 is 0. The molecule has 20 heavy (non-hydrogen) atoms. The average molecular weight is 273 g/mol. The maximum absolute atomic E-state index is 11.6. The Morgan fingerprint density at radius 1 is 1.30 bits per heavy atom. The molecule has 2 aromatic rings. The lowest BCUT2D eigenvalue weighted by Crippen LogP contribution is -2.19. The minimum absolute atomic E-state index is 0.0139. The number of carboxylic acids is 1. The molecule has 0 radical (unpaired) electrons. The number of hydrogen-bond donors (Lipinski definition) is 2. The Morgan fingerprint density at radius 2 is 1.95 bits per heavy atom. The fraction of sp³-hybridized carbons (Fsp3) is 0.214. The number of amides is 1. The first-order chi connectivity index (χ1) is 9.54. The molecule has 104 valence electrons. The summed E-state index contributed by atoms with van der Waals surface area (Å²) in [6, 6.07) is 10.4. The molecule has 0 saturated heterocycles. The highest BCUT2D eigenvalue weighted by Gasteiger charge is 2.21. The molecule has 0 spiro atoms. The Bertz CT molecular complexity index is 634. The van der Waals surface area contributed by atoms with Crippen molar-refractivity contribution < 1.29 is 14.7 Å². The first-order valence-corrected chi connectivity index (χ1v) is 6.14. The normalized spacial score (nSPS) is 11.9. The van der Waals surface area contributed by atoms with Crippen LogP contribution in [-0.4, -0.2) is 33.8 Å². The van der Waals surface area contributed by atoms with Crippen molar-refractivity contribution in [2.24, 2.45) is 0 Å². The van der Waals surface area contributed by atoms with E-state index in [9.17, 15) is 14.7 Å². The molecule has 1 aromatic heterocycles. The van der Waals surface area contributed by atoms with Gasteiger partial charge in [-0.1, -0.05) is 30.3 Å². The number of aromatic carboxylic acids is 1. The van der Waals surface area contributed by atoms with Crippen LogP contribution in [0, 0.1) is 0 Å². The Labute approximate surface area is 116 Å². The number of nitrogens with zero attached hydrogens (tertiary/aromatic N) is 2. The summed E-state index contributed by atoms with van der Waals surface area (Å²) in [5, 5.41) is 15.8. The molecule has 2 rings (SSSR count). The van der Waals surface area contributed by atoms with Crippen LogP contribution >= 0.6 is 0 Å². The molecule has 1 heterocycles. The molecular weight excluding hydrogens is 258 g/mol. The Morgan fingerprint density at radius 3 is 2.50 bits per heavy atom. The largest absolute Gasteiger partial charge is 0.477 e. The number of carbonyl (C=O) groups is 2. The number of rotatable bonds is 4. The summed E-state index contributed by atoms with van der Waals surface area (Å²) in [6.07, 6.45) is 0. The first kappa shape index (κ1) is 13.8. The summed E-state index contributed by atoms with van der Waals surface area (Å²) in [4.78, 5) is 22.9. The van der Waals surface area contributed by atoms with E-state index in [1.54, 1.807) is 0 Å². The number of carbonyl (C=O) groups excluding carboxylic acids is 1. The van der Waals surface area contributed by atoms with Gasteiger partial charge in [0.25, 0.3) is 5.91 Å². The van der Waals surface area contributed by atoms with Crippen LogP contribution in [0.3, 0.4) is 0 Å². The summed E-state index contributed by atoms with van der Waals surface area (Å²) in [6.45, 7) is 1.84. The van der Waals surface area contributed by atoms with Crippen molar-refractivity contribution in [3.63, 3.8) is 0 Å². The van der Waals surface area contributed by atoms with Crippen LogP contribution in [-0.2, 0) is 0 Å². The minimum atomic E-state index is -1.12. The molecule has 0 aliphatic heterocycles. The van der Waals surface area contributed by atoms with Gasteiger partial charge in [-0.25, -0.2) is 4.79 Å². The molecule has 0 aliphatic rings. The highest BCUT2D eigenvalue weighted by molar-refractivity contribution is 5.95. The van der Waals surface area contributed by atoms with Gasteiger partial charge in [-0.2, -0.15) is 5.10 Å². The molecule has 0 fully saturated rings. The van der Waals surface area contributed by atoms with Gasteiger partial charge in [0.2, 0.25) is 0 Å². The van der Waals surface area contributed by atoms with Crippen molar-refractivity contribution >= 4 is 11.9 Å². The van der Waals surface area contributed by atoms with E-state index in [0.29, 0.717) is 0 Å². The van der Waals surface area contributed by atoms with Crippen molar-refractivity contribution in [2.45, 2.75) is 13.0 Å². The van der Waals surface area contributed by atoms with Crippen LogP contribution in [0.4, 0.5) is 0 Å². The molecule has 6 nitrogen and oxygen atoms in total. The SMILES string of the molecule is CNC(=O)c1cc(C(=O)O)n(C(C)c2ccccc2)n1. The van der Waals surface area contributed by atoms with Crippen molar-refractivity contribution in [1.29, 1.82) is 0 Å². The van der Waals surface area contributed by atoms with Crippen molar-refractivity contribution in [3.05, 3.63) is 53.3 Å². The molecule has 0 bridgehead atoms. The van der Waals surface area contributed by atoms with Gasteiger partial charge in [-0.15, -0.1) is 0 Å². The number of hydrogen-bond acceptors (Lipinski definition) is 3. The van der Waals surface area contributed by atoms with Crippen molar-refractivity contribution in [2.75, 3.05) is 7.05 Å². The Hall–Kier alpha value is -2.63. The van der Waals surface area contributed by atoms with Crippen LogP contribution in [0.5, 0.6) is 0 Å². The van der Waals surface area contributed by atoms with Crippen LogP contribution < -0.4 is 5.32 Å². The molecule has 1 atom stereocenters. The van der Waals surface area contributed by atoms with Gasteiger partial charge in [-0.05, 0) is 12.5 Å². The van der Waals surface area contributed by atoms with Gasteiger partial charge < -0.3 is 10.4 Å². The van der Waals surface area contributed by atoms with Crippen LogP contribution in [0.25, 0.3) is 0 Å². The monoisotopic (exact) mass is 273 g/mol. The lowest BCUT2D eigenvalue weighted by atomic mass is 10.1. The predicted molar refractivity (Wildman–Crippen MR) is 72.8 cm³/mol. The second kappa shape index (κ2) is 5.56. The maximum atomic E-state index is 11.6. The van der Waals surface area contributed by atoms with E-state index in [1.165, 1.54) is 17.8 Å². The maximum Gasteiger partial charge on any atom is 0.354 e. The number of aromatic nitrogens is 2. The van der Waals surface area contributed by atoms with E-state index < -0.39 is 11.9 Å². The fourth-order valence-corrected chi connectivity index (χ4v) is 1.96. The summed E-state index contributed by atoms with van der Waals surface area (Å²) < 4.78 is 1.35. The van der Waals surface area contributed by atoms with Gasteiger partial charge in [0, 0.05) is 13.1 Å². The van der Waals surface area contributed by atoms with Gasteiger partial charge in [0.15, 0.2) is 5.69 Å². The fourth-order valence-electron chi connectivity index (χ4n) is 1.96. The Balaban J connectivity index is 2.47. The topological polar surface area (TPSA) is 84.2 Å². The zero-order valence-electron chi connectivity index (χ0n) is 11.2. The third-order valence-corrected chi connectivity index (χ3v) is 3.06. The van der Waals surface area contributed by atoms with Crippen LogP contribution in [0.1, 0.15) is 39.5 Å². The predicted octanol–water partition coefficient (Wildman–Crippen LogP) is 1.55. The zero-order chi connectivity index (χ0) is 14.7. The molecule has 6 heteroatoms. The molecular formula is C14H15N3O3.